The molecular formula is C10H17N7O. The second-order valence-electron chi connectivity index (χ2n) is 3.94. The van der Waals surface area contributed by atoms with Crippen molar-refractivity contribution in [1.82, 2.24) is 15.3 Å². The molecule has 6 N–H and O–H groups in total. The summed E-state index contributed by atoms with van der Waals surface area (Å²) in [4.78, 5) is 21.5. The van der Waals surface area contributed by atoms with Crippen LogP contribution in [0, 0.1) is 0 Å². The summed E-state index contributed by atoms with van der Waals surface area (Å²) in [5.74, 6) is 1.15. The van der Waals surface area contributed by atoms with E-state index in [1.54, 1.807) is 0 Å². The Kier molecular flexibility index (Phi) is 3.78. The Morgan fingerprint density at radius 3 is 3.17 bits per heavy atom. The molecular weight excluding hydrogens is 234 g/mol. The van der Waals surface area contributed by atoms with E-state index in [1.807, 2.05) is 4.90 Å². The molecule has 8 heteroatoms. The maximum absolute atomic E-state index is 11.5. The fraction of sp³-hybridized carbons (Fsp3) is 0.500. The van der Waals surface area contributed by atoms with Gasteiger partial charge in [-0.15, -0.1) is 0 Å². The molecule has 1 aliphatic heterocycles. The van der Waals surface area contributed by atoms with Crippen molar-refractivity contribution in [2.75, 3.05) is 42.3 Å². The monoisotopic (exact) mass is 251 g/mol. The predicted octanol–water partition coefficient (Wildman–Crippen LogP) is -1.29. The number of fused-ring (bicyclic) bond motifs is 1. The van der Waals surface area contributed by atoms with Crippen LogP contribution in [0.4, 0.5) is 17.3 Å². The first kappa shape index (κ1) is 12.4. The van der Waals surface area contributed by atoms with Gasteiger partial charge in [-0.25, -0.2) is 9.97 Å². The summed E-state index contributed by atoms with van der Waals surface area (Å²) in [6, 6.07) is 0. The Bertz CT molecular complexity index is 436. The largest absolute Gasteiger partial charge is 0.382 e. The van der Waals surface area contributed by atoms with Crippen molar-refractivity contribution in [2.45, 2.75) is 6.42 Å². The molecule has 2 heterocycles. The zero-order valence-corrected chi connectivity index (χ0v) is 10.0. The quantitative estimate of drug-likeness (QED) is 0.513. The van der Waals surface area contributed by atoms with Gasteiger partial charge in [0.05, 0.1) is 6.67 Å². The molecule has 1 aromatic heterocycles. The average molecular weight is 251 g/mol. The minimum Gasteiger partial charge on any atom is -0.382 e. The second-order valence-corrected chi connectivity index (χ2v) is 3.94. The standard InChI is InChI=1S/C10H17N7O/c11-2-3-13-7(18)1-4-17-6-16-8-9(12)14-5-15-10(8)17/h5,16H,1-4,6,11H2,(H,13,18)(H2,12,14,15). The van der Waals surface area contributed by atoms with E-state index in [0.29, 0.717) is 38.5 Å². The van der Waals surface area contributed by atoms with Gasteiger partial charge in [-0.2, -0.15) is 0 Å². The molecule has 18 heavy (non-hydrogen) atoms. The number of hydrogen-bond acceptors (Lipinski definition) is 7. The molecule has 0 fully saturated rings. The Hall–Kier alpha value is -2.09. The lowest BCUT2D eigenvalue weighted by molar-refractivity contribution is -0.120. The van der Waals surface area contributed by atoms with Crippen molar-refractivity contribution in [1.29, 1.82) is 0 Å². The van der Waals surface area contributed by atoms with Crippen molar-refractivity contribution in [3.8, 4) is 0 Å². The van der Waals surface area contributed by atoms with E-state index in [4.69, 9.17) is 11.5 Å². The highest BCUT2D eigenvalue weighted by Gasteiger charge is 2.22. The minimum atomic E-state index is -0.0177. The van der Waals surface area contributed by atoms with Gasteiger partial charge in [0.1, 0.15) is 12.0 Å². The number of nitrogens with zero attached hydrogens (tertiary/aromatic N) is 3. The van der Waals surface area contributed by atoms with E-state index in [0.717, 1.165) is 11.5 Å². The molecule has 1 aromatic rings. The Morgan fingerprint density at radius 2 is 2.39 bits per heavy atom. The minimum absolute atomic E-state index is 0.0177. The van der Waals surface area contributed by atoms with Gasteiger partial charge in [-0.3, -0.25) is 4.79 Å². The number of hydrogen-bond donors (Lipinski definition) is 4. The van der Waals surface area contributed by atoms with Gasteiger partial charge in [0, 0.05) is 26.1 Å². The first-order valence-electron chi connectivity index (χ1n) is 5.78. The normalized spacial score (nSPS) is 13.1. The van der Waals surface area contributed by atoms with E-state index in [2.05, 4.69) is 20.6 Å². The molecule has 0 bridgehead atoms. The number of carbonyl (C=O) groups excluding carboxylic acids is 1. The molecule has 0 aliphatic carbocycles. The molecule has 0 unspecified atom stereocenters. The van der Waals surface area contributed by atoms with Crippen molar-refractivity contribution >= 4 is 23.2 Å². The van der Waals surface area contributed by atoms with Gasteiger partial charge in [-0.1, -0.05) is 0 Å². The number of rotatable bonds is 5. The third-order valence-corrected chi connectivity index (χ3v) is 2.68. The molecule has 0 saturated heterocycles. The second kappa shape index (κ2) is 5.50. The molecule has 1 amide bonds. The number of amides is 1. The summed E-state index contributed by atoms with van der Waals surface area (Å²) in [6.45, 7) is 2.11. The summed E-state index contributed by atoms with van der Waals surface area (Å²) < 4.78 is 0. The number of aromatic nitrogens is 2. The summed E-state index contributed by atoms with van der Waals surface area (Å²) in [6.07, 6.45) is 1.81. The van der Waals surface area contributed by atoms with Crippen LogP contribution in [0.15, 0.2) is 6.33 Å². The van der Waals surface area contributed by atoms with Crippen LogP contribution in [0.1, 0.15) is 6.42 Å². The molecule has 98 valence electrons. The fourth-order valence-electron chi connectivity index (χ4n) is 1.77. The maximum atomic E-state index is 11.5. The van der Waals surface area contributed by atoms with Crippen LogP contribution in [0.2, 0.25) is 0 Å². The van der Waals surface area contributed by atoms with E-state index in [1.165, 1.54) is 6.33 Å². The fourth-order valence-corrected chi connectivity index (χ4v) is 1.77. The van der Waals surface area contributed by atoms with Crippen LogP contribution in [0.3, 0.4) is 0 Å². The van der Waals surface area contributed by atoms with Crippen molar-refractivity contribution in [3.63, 3.8) is 0 Å². The first-order valence-corrected chi connectivity index (χ1v) is 5.78. The van der Waals surface area contributed by atoms with Gasteiger partial charge >= 0.3 is 0 Å². The predicted molar refractivity (Wildman–Crippen MR) is 69.0 cm³/mol. The zero-order valence-electron chi connectivity index (χ0n) is 10.0. The first-order chi connectivity index (χ1) is 8.72. The van der Waals surface area contributed by atoms with Gasteiger partial charge < -0.3 is 27.0 Å². The van der Waals surface area contributed by atoms with Crippen LogP contribution in [0.5, 0.6) is 0 Å². The summed E-state index contributed by atoms with van der Waals surface area (Å²) >= 11 is 0. The summed E-state index contributed by atoms with van der Waals surface area (Å²) in [7, 11) is 0. The number of nitrogens with one attached hydrogen (secondary N) is 2. The highest BCUT2D eigenvalue weighted by atomic mass is 16.1. The average Bonchev–Trinajstić information content (AvgIpc) is 2.78. The SMILES string of the molecule is NCCNC(=O)CCN1CNc2c(N)ncnc21. The van der Waals surface area contributed by atoms with E-state index in [-0.39, 0.29) is 5.91 Å². The van der Waals surface area contributed by atoms with Gasteiger partial charge in [0.15, 0.2) is 11.6 Å². The van der Waals surface area contributed by atoms with Crippen molar-refractivity contribution in [2.24, 2.45) is 5.73 Å². The molecule has 0 radical (unpaired) electrons. The van der Waals surface area contributed by atoms with Gasteiger partial charge in [-0.05, 0) is 0 Å². The molecule has 0 saturated carbocycles. The summed E-state index contributed by atoms with van der Waals surface area (Å²) in [5, 5.41) is 5.83. The van der Waals surface area contributed by atoms with Crippen molar-refractivity contribution < 1.29 is 4.79 Å². The van der Waals surface area contributed by atoms with E-state index >= 15 is 0 Å². The third kappa shape index (κ3) is 2.59. The van der Waals surface area contributed by atoms with Crippen molar-refractivity contribution in [3.05, 3.63) is 6.33 Å². The lowest BCUT2D eigenvalue weighted by Gasteiger charge is -2.16. The van der Waals surface area contributed by atoms with E-state index in [9.17, 15) is 4.79 Å². The number of nitrogens with two attached hydrogens (primary N) is 2. The number of carbonyl (C=O) groups is 1. The van der Waals surface area contributed by atoms with Crippen LogP contribution >= 0.6 is 0 Å². The smallest absolute Gasteiger partial charge is 0.221 e. The molecule has 2 rings (SSSR count). The topological polar surface area (TPSA) is 122 Å². The molecule has 8 nitrogen and oxygen atoms in total. The van der Waals surface area contributed by atoms with Gasteiger partial charge in [0.2, 0.25) is 5.91 Å². The lowest BCUT2D eigenvalue weighted by atomic mass is 10.3. The van der Waals surface area contributed by atoms with Crippen LogP contribution in [-0.4, -0.2) is 42.2 Å². The van der Waals surface area contributed by atoms with Crippen LogP contribution < -0.4 is 27.0 Å². The Balaban J connectivity index is 1.90. The molecule has 0 aromatic carbocycles. The van der Waals surface area contributed by atoms with Crippen LogP contribution in [-0.2, 0) is 4.79 Å². The molecule has 1 aliphatic rings. The van der Waals surface area contributed by atoms with E-state index < -0.39 is 0 Å². The summed E-state index contributed by atoms with van der Waals surface area (Å²) in [5.41, 5.74) is 11.8. The maximum Gasteiger partial charge on any atom is 0.221 e. The highest BCUT2D eigenvalue weighted by molar-refractivity contribution is 5.81. The van der Waals surface area contributed by atoms with Gasteiger partial charge in [0.25, 0.3) is 0 Å². The number of anilines is 3. The third-order valence-electron chi connectivity index (χ3n) is 2.68. The Morgan fingerprint density at radius 1 is 1.56 bits per heavy atom. The highest BCUT2D eigenvalue weighted by Crippen LogP contribution is 2.31. The molecule has 0 atom stereocenters. The van der Waals surface area contributed by atoms with Crippen LogP contribution in [0.25, 0.3) is 0 Å². The number of nitrogen functional groups attached to an aromatic ring is 1. The Labute approximate surface area is 105 Å². The lowest BCUT2D eigenvalue weighted by Crippen LogP contribution is -2.33. The molecule has 0 spiro atoms. The zero-order chi connectivity index (χ0) is 13.0.